The fraction of sp³-hybridized carbons (Fsp3) is 0.786. The third kappa shape index (κ3) is 4.60. The lowest BCUT2D eigenvalue weighted by atomic mass is 10.2. The first-order valence-electron chi connectivity index (χ1n) is 7.15. The number of nitrogens with one attached hydrogen (secondary N) is 1. The van der Waals surface area contributed by atoms with Crippen molar-refractivity contribution in [3.8, 4) is 0 Å². The molecule has 1 aliphatic heterocycles. The summed E-state index contributed by atoms with van der Waals surface area (Å²) in [4.78, 5) is 2.35. The zero-order valence-corrected chi connectivity index (χ0v) is 12.3. The average molecular weight is 266 g/mol. The van der Waals surface area contributed by atoms with Crippen molar-refractivity contribution in [2.45, 2.75) is 38.5 Å². The van der Waals surface area contributed by atoms with Gasteiger partial charge in [-0.1, -0.05) is 0 Å². The Morgan fingerprint density at radius 3 is 3.11 bits per heavy atom. The van der Waals surface area contributed by atoms with Crippen LogP contribution in [0.15, 0.2) is 12.4 Å². The molecule has 0 amide bonds. The summed E-state index contributed by atoms with van der Waals surface area (Å²) in [6, 6.07) is 0.501. The molecule has 1 aliphatic rings. The molecule has 5 heteroatoms. The smallest absolute Gasteiger partial charge is 0.0700 e. The van der Waals surface area contributed by atoms with Gasteiger partial charge in [-0.15, -0.1) is 0 Å². The SMILES string of the molecule is CC(CNCC1CCCO1)N(C)Cc1cnn(C)c1. The van der Waals surface area contributed by atoms with Crippen molar-refractivity contribution in [3.63, 3.8) is 0 Å². The molecule has 0 bridgehead atoms. The number of likely N-dealkylation sites (N-methyl/N-ethyl adjacent to an activating group) is 1. The monoisotopic (exact) mass is 266 g/mol. The molecule has 0 spiro atoms. The minimum absolute atomic E-state index is 0.427. The quantitative estimate of drug-likeness (QED) is 0.800. The van der Waals surface area contributed by atoms with Gasteiger partial charge < -0.3 is 10.1 Å². The summed E-state index contributed by atoms with van der Waals surface area (Å²) < 4.78 is 7.46. The maximum atomic E-state index is 5.61. The van der Waals surface area contributed by atoms with E-state index in [2.05, 4.69) is 35.5 Å². The van der Waals surface area contributed by atoms with E-state index in [1.54, 1.807) is 0 Å². The normalized spacial score (nSPS) is 21.2. The first kappa shape index (κ1) is 14.5. The van der Waals surface area contributed by atoms with Gasteiger partial charge in [0.25, 0.3) is 0 Å². The highest BCUT2D eigenvalue weighted by molar-refractivity contribution is 5.03. The summed E-state index contributed by atoms with van der Waals surface area (Å²) in [7, 11) is 4.11. The molecule has 19 heavy (non-hydrogen) atoms. The third-order valence-electron chi connectivity index (χ3n) is 3.78. The molecule has 108 valence electrons. The lowest BCUT2D eigenvalue weighted by molar-refractivity contribution is 0.108. The van der Waals surface area contributed by atoms with E-state index in [0.717, 1.165) is 26.2 Å². The summed E-state index contributed by atoms with van der Waals surface area (Å²) in [5, 5.41) is 7.71. The number of aromatic nitrogens is 2. The predicted octanol–water partition coefficient (Wildman–Crippen LogP) is 1.01. The lowest BCUT2D eigenvalue weighted by Gasteiger charge is -2.25. The largest absolute Gasteiger partial charge is 0.377 e. The Hall–Kier alpha value is -0.910. The van der Waals surface area contributed by atoms with E-state index in [4.69, 9.17) is 4.74 Å². The zero-order valence-electron chi connectivity index (χ0n) is 12.3. The number of hydrogen-bond acceptors (Lipinski definition) is 4. The first-order chi connectivity index (χ1) is 9.15. The Bertz CT molecular complexity index is 373. The number of aryl methyl sites for hydroxylation is 1. The minimum Gasteiger partial charge on any atom is -0.377 e. The molecule has 1 saturated heterocycles. The second-order valence-electron chi connectivity index (χ2n) is 5.58. The van der Waals surface area contributed by atoms with Crippen LogP contribution in [0.4, 0.5) is 0 Å². The molecule has 1 N–H and O–H groups in total. The van der Waals surface area contributed by atoms with Crippen molar-refractivity contribution in [1.29, 1.82) is 0 Å². The highest BCUT2D eigenvalue weighted by Gasteiger charge is 2.16. The molecule has 0 aliphatic carbocycles. The van der Waals surface area contributed by atoms with Gasteiger partial charge in [0.05, 0.1) is 12.3 Å². The lowest BCUT2D eigenvalue weighted by Crippen LogP contribution is -2.39. The van der Waals surface area contributed by atoms with Crippen molar-refractivity contribution in [2.24, 2.45) is 7.05 Å². The van der Waals surface area contributed by atoms with Gasteiger partial charge in [0.2, 0.25) is 0 Å². The van der Waals surface area contributed by atoms with Gasteiger partial charge in [-0.3, -0.25) is 9.58 Å². The molecule has 2 heterocycles. The van der Waals surface area contributed by atoms with Crippen molar-refractivity contribution in [2.75, 3.05) is 26.7 Å². The van der Waals surface area contributed by atoms with Crippen LogP contribution < -0.4 is 5.32 Å². The van der Waals surface area contributed by atoms with Gasteiger partial charge in [0.15, 0.2) is 0 Å². The second kappa shape index (κ2) is 7.03. The molecule has 1 aromatic rings. The van der Waals surface area contributed by atoms with Crippen LogP contribution in [0.1, 0.15) is 25.3 Å². The molecule has 1 fully saturated rings. The van der Waals surface area contributed by atoms with Crippen LogP contribution in [0.3, 0.4) is 0 Å². The Kier molecular flexibility index (Phi) is 5.36. The fourth-order valence-corrected chi connectivity index (χ4v) is 2.41. The molecule has 1 aromatic heterocycles. The van der Waals surface area contributed by atoms with Crippen LogP contribution in [-0.4, -0.2) is 53.6 Å². The van der Waals surface area contributed by atoms with Gasteiger partial charge in [-0.25, -0.2) is 0 Å². The third-order valence-corrected chi connectivity index (χ3v) is 3.78. The molecule has 0 saturated carbocycles. The van der Waals surface area contributed by atoms with Crippen LogP contribution >= 0.6 is 0 Å². The van der Waals surface area contributed by atoms with Crippen molar-refractivity contribution >= 4 is 0 Å². The summed E-state index contributed by atoms with van der Waals surface area (Å²) >= 11 is 0. The fourth-order valence-electron chi connectivity index (χ4n) is 2.41. The molecule has 2 atom stereocenters. The Morgan fingerprint density at radius 1 is 1.63 bits per heavy atom. The number of nitrogens with zero attached hydrogens (tertiary/aromatic N) is 3. The van der Waals surface area contributed by atoms with Crippen LogP contribution in [0, 0.1) is 0 Å². The van der Waals surface area contributed by atoms with Crippen LogP contribution in [0.2, 0.25) is 0 Å². The van der Waals surface area contributed by atoms with E-state index >= 15 is 0 Å². The molecule has 2 rings (SSSR count). The topological polar surface area (TPSA) is 42.3 Å². The molecule has 5 nitrogen and oxygen atoms in total. The van der Waals surface area contributed by atoms with E-state index in [1.165, 1.54) is 18.4 Å². The standard InChI is InChI=1S/C14H26N4O/c1-12(7-15-9-14-5-4-6-19-14)17(2)10-13-8-16-18(3)11-13/h8,11-12,14-15H,4-7,9-10H2,1-3H3. The zero-order chi connectivity index (χ0) is 13.7. The van der Waals surface area contributed by atoms with Gasteiger partial charge in [-0.2, -0.15) is 5.10 Å². The molecular formula is C14H26N4O. The van der Waals surface area contributed by atoms with Gasteiger partial charge >= 0.3 is 0 Å². The van der Waals surface area contributed by atoms with Gasteiger partial charge in [0, 0.05) is 51.1 Å². The Labute approximate surface area is 115 Å². The van der Waals surface area contributed by atoms with Gasteiger partial charge in [-0.05, 0) is 26.8 Å². The van der Waals surface area contributed by atoms with Gasteiger partial charge in [0.1, 0.15) is 0 Å². The maximum Gasteiger partial charge on any atom is 0.0700 e. The molecule has 0 radical (unpaired) electrons. The first-order valence-corrected chi connectivity index (χ1v) is 7.15. The van der Waals surface area contributed by atoms with E-state index < -0.39 is 0 Å². The van der Waals surface area contributed by atoms with Crippen molar-refractivity contribution in [3.05, 3.63) is 18.0 Å². The molecule has 0 aromatic carbocycles. The van der Waals surface area contributed by atoms with E-state index in [-0.39, 0.29) is 0 Å². The molecule has 2 unspecified atom stereocenters. The van der Waals surface area contributed by atoms with E-state index in [9.17, 15) is 0 Å². The van der Waals surface area contributed by atoms with Crippen molar-refractivity contribution in [1.82, 2.24) is 20.0 Å². The van der Waals surface area contributed by atoms with Crippen molar-refractivity contribution < 1.29 is 4.74 Å². The Morgan fingerprint density at radius 2 is 2.47 bits per heavy atom. The highest BCUT2D eigenvalue weighted by Crippen LogP contribution is 2.10. The predicted molar refractivity (Wildman–Crippen MR) is 76.0 cm³/mol. The minimum atomic E-state index is 0.427. The summed E-state index contributed by atoms with van der Waals surface area (Å²) in [5.41, 5.74) is 1.26. The Balaban J connectivity index is 1.65. The number of ether oxygens (including phenoxy) is 1. The van der Waals surface area contributed by atoms with Crippen LogP contribution in [-0.2, 0) is 18.3 Å². The highest BCUT2D eigenvalue weighted by atomic mass is 16.5. The van der Waals surface area contributed by atoms with E-state index in [0.29, 0.717) is 12.1 Å². The van der Waals surface area contributed by atoms with E-state index in [1.807, 2.05) is 17.9 Å². The maximum absolute atomic E-state index is 5.61. The average Bonchev–Trinajstić information content (AvgIpc) is 3.01. The van der Waals surface area contributed by atoms with Crippen LogP contribution in [0.5, 0.6) is 0 Å². The second-order valence-corrected chi connectivity index (χ2v) is 5.58. The van der Waals surface area contributed by atoms with Crippen LogP contribution in [0.25, 0.3) is 0 Å². The summed E-state index contributed by atoms with van der Waals surface area (Å²) in [5.74, 6) is 0. The number of hydrogen-bond donors (Lipinski definition) is 1. The summed E-state index contributed by atoms with van der Waals surface area (Å²) in [6.07, 6.45) is 6.85. The summed E-state index contributed by atoms with van der Waals surface area (Å²) in [6.45, 7) is 6.10. The number of rotatable bonds is 7. The molecular weight excluding hydrogens is 240 g/mol.